The number of carbonyl (C=O) groups is 3. The molecule has 0 bridgehead atoms. The van der Waals surface area contributed by atoms with Gasteiger partial charge in [0, 0.05) is 65.2 Å². The second kappa shape index (κ2) is 13.1. The quantitative estimate of drug-likeness (QED) is 0.258. The minimum Gasteiger partial charge on any atom is -0.382 e. The summed E-state index contributed by atoms with van der Waals surface area (Å²) in [4.78, 5) is 55.1. The highest BCUT2D eigenvalue weighted by Gasteiger charge is 2.49. The van der Waals surface area contributed by atoms with Crippen molar-refractivity contribution in [1.29, 1.82) is 0 Å². The van der Waals surface area contributed by atoms with Gasteiger partial charge in [0.15, 0.2) is 5.82 Å². The van der Waals surface area contributed by atoms with E-state index >= 15 is 0 Å². The Labute approximate surface area is 295 Å². The van der Waals surface area contributed by atoms with Crippen LogP contribution in [0.4, 0.5) is 17.5 Å². The molecule has 3 saturated heterocycles. The molecule has 2 aromatic heterocycles. The summed E-state index contributed by atoms with van der Waals surface area (Å²) in [7, 11) is 0. The molecule has 3 amide bonds. The van der Waals surface area contributed by atoms with Crippen molar-refractivity contribution >= 4 is 74.5 Å². The number of halogens is 2. The number of benzene rings is 1. The van der Waals surface area contributed by atoms with Gasteiger partial charge >= 0.3 is 0 Å². The monoisotopic (exact) mass is 755 g/mol. The number of rotatable bonds is 7. The standard InChI is InChI=1S/C32H35BrClN9O4S/c1-16-26(38-12-17-10-18-14-43(31(46)19(18)11-20(17)33)21-2-3-24(44)41-29(21)45)32(15-47-16)5-8-42(9-6-32)23-13-39-30(28(36)40-23)48-22-4-7-37-27(35)25(22)34/h4,7,10-11,13,16,21,26,38H,2-3,5-6,8-9,12,14-15H2,1H3,(H2,35,37)(H2,36,40)(H,41,44,45)/t16-,21?,26+/m0/s1. The molecule has 1 spiro atoms. The van der Waals surface area contributed by atoms with E-state index in [0.717, 1.165) is 47.3 Å². The number of hydrogen-bond donors (Lipinski definition) is 4. The maximum absolute atomic E-state index is 13.2. The number of nitrogens with zero attached hydrogens (tertiary/aromatic N) is 5. The summed E-state index contributed by atoms with van der Waals surface area (Å²) in [6, 6.07) is 5.12. The molecule has 48 heavy (non-hydrogen) atoms. The number of fused-ring (bicyclic) bond motifs is 1. The SMILES string of the molecule is C[C@@H]1OCC2(CCN(c3cnc(Sc4ccnc(N)c4Cl)c(N)n3)CC2)[C@@H]1NCc1cc2c(cc1Br)C(=O)N(C1CCC(=O)NC1=O)C2. The minimum atomic E-state index is -0.643. The average Bonchev–Trinajstić information content (AvgIpc) is 3.54. The average molecular weight is 757 g/mol. The van der Waals surface area contributed by atoms with E-state index in [0.29, 0.717) is 52.4 Å². The van der Waals surface area contributed by atoms with Crippen LogP contribution in [0.1, 0.15) is 54.1 Å². The number of anilines is 3. The molecule has 1 aromatic carbocycles. The van der Waals surface area contributed by atoms with Crippen LogP contribution in [0.15, 0.2) is 45.0 Å². The summed E-state index contributed by atoms with van der Waals surface area (Å²) in [5.41, 5.74) is 14.6. The van der Waals surface area contributed by atoms with E-state index in [1.807, 2.05) is 12.1 Å². The molecule has 3 fully saturated rings. The van der Waals surface area contributed by atoms with Gasteiger partial charge in [-0.25, -0.2) is 15.0 Å². The van der Waals surface area contributed by atoms with Crippen LogP contribution in [-0.4, -0.2) is 75.5 Å². The van der Waals surface area contributed by atoms with Crippen LogP contribution in [0.3, 0.4) is 0 Å². The molecule has 6 heterocycles. The topological polar surface area (TPSA) is 182 Å². The van der Waals surface area contributed by atoms with Crippen LogP contribution >= 0.6 is 39.3 Å². The van der Waals surface area contributed by atoms with Crippen molar-refractivity contribution in [2.45, 2.75) is 73.8 Å². The van der Waals surface area contributed by atoms with Crippen molar-refractivity contribution in [3.05, 3.63) is 56.8 Å². The molecule has 252 valence electrons. The van der Waals surface area contributed by atoms with Crippen LogP contribution < -0.4 is 27.0 Å². The minimum absolute atomic E-state index is 0.0233. The Bertz CT molecular complexity index is 1810. The molecular formula is C32H35BrClN9O4S. The first kappa shape index (κ1) is 33.0. The normalized spacial score (nSPS) is 23.6. The number of ether oxygens (including phenoxy) is 1. The zero-order valence-electron chi connectivity index (χ0n) is 26.2. The maximum Gasteiger partial charge on any atom is 0.255 e. The van der Waals surface area contributed by atoms with Crippen molar-refractivity contribution < 1.29 is 19.1 Å². The summed E-state index contributed by atoms with van der Waals surface area (Å²) >= 11 is 11.3. The van der Waals surface area contributed by atoms with Crippen LogP contribution in [0.25, 0.3) is 0 Å². The number of nitrogens with two attached hydrogens (primary N) is 2. The summed E-state index contributed by atoms with van der Waals surface area (Å²) < 4.78 is 7.06. The lowest BCUT2D eigenvalue weighted by Crippen LogP contribution is -2.52. The number of nitrogens with one attached hydrogen (secondary N) is 2. The van der Waals surface area contributed by atoms with Gasteiger partial charge < -0.3 is 31.3 Å². The van der Waals surface area contributed by atoms with Gasteiger partial charge in [-0.1, -0.05) is 45.4 Å². The van der Waals surface area contributed by atoms with Crippen LogP contribution in [0.5, 0.6) is 0 Å². The van der Waals surface area contributed by atoms with Crippen molar-refractivity contribution in [3.63, 3.8) is 0 Å². The van der Waals surface area contributed by atoms with Crippen LogP contribution in [-0.2, 0) is 27.4 Å². The zero-order valence-corrected chi connectivity index (χ0v) is 29.3. The van der Waals surface area contributed by atoms with Gasteiger partial charge in [-0.2, -0.15) is 0 Å². The van der Waals surface area contributed by atoms with E-state index < -0.39 is 11.9 Å². The number of imide groups is 1. The zero-order chi connectivity index (χ0) is 33.7. The molecule has 6 N–H and O–H groups in total. The Balaban J connectivity index is 0.995. The van der Waals surface area contributed by atoms with Gasteiger partial charge in [-0.15, -0.1) is 0 Å². The Kier molecular flexibility index (Phi) is 9.00. The highest BCUT2D eigenvalue weighted by atomic mass is 79.9. The number of carbonyl (C=O) groups excluding carboxylic acids is 3. The van der Waals surface area contributed by atoms with E-state index in [2.05, 4.69) is 53.3 Å². The third-order valence-electron chi connectivity index (χ3n) is 9.89. The highest BCUT2D eigenvalue weighted by molar-refractivity contribution is 9.10. The fourth-order valence-electron chi connectivity index (χ4n) is 7.23. The molecule has 3 atom stereocenters. The van der Waals surface area contributed by atoms with Crippen molar-refractivity contribution in [2.75, 3.05) is 36.1 Å². The van der Waals surface area contributed by atoms with Gasteiger partial charge in [-0.3, -0.25) is 19.7 Å². The maximum atomic E-state index is 13.2. The molecule has 1 unspecified atom stereocenters. The molecular weight excluding hydrogens is 722 g/mol. The number of aromatic nitrogens is 3. The Morgan fingerprint density at radius 2 is 1.98 bits per heavy atom. The number of nitrogen functional groups attached to an aromatic ring is 2. The van der Waals surface area contributed by atoms with Crippen molar-refractivity contribution in [3.8, 4) is 0 Å². The van der Waals surface area contributed by atoms with Gasteiger partial charge in [0.2, 0.25) is 11.8 Å². The lowest BCUT2D eigenvalue weighted by atomic mass is 9.73. The van der Waals surface area contributed by atoms with Gasteiger partial charge in [0.25, 0.3) is 5.91 Å². The summed E-state index contributed by atoms with van der Waals surface area (Å²) in [6.07, 6.45) is 5.72. The summed E-state index contributed by atoms with van der Waals surface area (Å²) in [5.74, 6) is 0.400. The van der Waals surface area contributed by atoms with E-state index in [1.165, 1.54) is 11.8 Å². The second-order valence-electron chi connectivity index (χ2n) is 12.8. The van der Waals surface area contributed by atoms with Crippen LogP contribution in [0, 0.1) is 5.41 Å². The van der Waals surface area contributed by atoms with Gasteiger partial charge in [-0.05, 0) is 49.4 Å². The van der Waals surface area contributed by atoms with E-state index in [1.54, 1.807) is 23.4 Å². The molecule has 7 rings (SSSR count). The summed E-state index contributed by atoms with van der Waals surface area (Å²) in [6.45, 7) is 5.25. The van der Waals surface area contributed by atoms with E-state index in [4.69, 9.17) is 27.8 Å². The van der Waals surface area contributed by atoms with Crippen LogP contribution in [0.2, 0.25) is 5.02 Å². The smallest absolute Gasteiger partial charge is 0.255 e. The fourth-order valence-corrected chi connectivity index (χ4v) is 8.73. The third kappa shape index (κ3) is 6.10. The molecule has 13 nitrogen and oxygen atoms in total. The summed E-state index contributed by atoms with van der Waals surface area (Å²) in [5, 5.41) is 7.06. The molecule has 16 heteroatoms. The van der Waals surface area contributed by atoms with Gasteiger partial charge in [0.1, 0.15) is 22.7 Å². The van der Waals surface area contributed by atoms with Crippen molar-refractivity contribution in [2.24, 2.45) is 5.41 Å². The van der Waals surface area contributed by atoms with E-state index in [-0.39, 0.29) is 41.6 Å². The van der Waals surface area contributed by atoms with E-state index in [9.17, 15) is 14.4 Å². The number of hydrogen-bond acceptors (Lipinski definition) is 12. The molecule has 0 aliphatic carbocycles. The molecule has 0 saturated carbocycles. The predicted molar refractivity (Wildman–Crippen MR) is 184 cm³/mol. The predicted octanol–water partition coefficient (Wildman–Crippen LogP) is 3.53. The van der Waals surface area contributed by atoms with Gasteiger partial charge in [0.05, 0.1) is 23.9 Å². The lowest BCUT2D eigenvalue weighted by molar-refractivity contribution is -0.136. The number of amides is 3. The Morgan fingerprint density at radius 1 is 1.19 bits per heavy atom. The first-order chi connectivity index (χ1) is 23.0. The molecule has 0 radical (unpaired) electrons. The number of piperidine rings is 2. The Hall–Kier alpha value is -3.50. The van der Waals surface area contributed by atoms with Crippen molar-refractivity contribution in [1.82, 2.24) is 30.5 Å². The molecule has 4 aliphatic rings. The molecule has 4 aliphatic heterocycles. The lowest BCUT2D eigenvalue weighted by Gasteiger charge is -2.43. The molecule has 3 aromatic rings. The number of pyridine rings is 1. The highest BCUT2D eigenvalue weighted by Crippen LogP contribution is 2.44. The third-order valence-corrected chi connectivity index (χ3v) is 12.2. The second-order valence-corrected chi connectivity index (χ2v) is 15.0. The fraction of sp³-hybridized carbons (Fsp3) is 0.438. The largest absolute Gasteiger partial charge is 0.382 e. The first-order valence-corrected chi connectivity index (χ1v) is 17.8. The Morgan fingerprint density at radius 3 is 2.73 bits per heavy atom. The first-order valence-electron chi connectivity index (χ1n) is 15.8.